The van der Waals surface area contributed by atoms with Crippen molar-refractivity contribution in [2.75, 3.05) is 26.4 Å². The van der Waals surface area contributed by atoms with E-state index in [9.17, 15) is 45.3 Å². The van der Waals surface area contributed by atoms with Crippen molar-refractivity contribution in [1.82, 2.24) is 10.9 Å². The molecular formula is C72H96N2O13. The number of hydrogen-bond donors (Lipinski definition) is 9. The van der Waals surface area contributed by atoms with E-state index in [1.807, 2.05) is 0 Å². The van der Waals surface area contributed by atoms with Crippen LogP contribution in [0.3, 0.4) is 0 Å². The molecule has 87 heavy (non-hydrogen) atoms. The third kappa shape index (κ3) is 7.44. The average Bonchev–Trinajstić information content (AvgIpc) is 1.61. The second kappa shape index (κ2) is 19.2. The zero-order valence-electron chi connectivity index (χ0n) is 51.6. The lowest BCUT2D eigenvalue weighted by Gasteiger charge is -2.72. The van der Waals surface area contributed by atoms with E-state index in [0.29, 0.717) is 48.7 Å². The number of benzene rings is 2. The Morgan fingerprint density at radius 2 is 1.60 bits per heavy atom. The maximum absolute atomic E-state index is 13.9. The minimum atomic E-state index is -1.84. The molecule has 15 aliphatic rings. The summed E-state index contributed by atoms with van der Waals surface area (Å²) in [5, 5.41) is 83.9. The maximum atomic E-state index is 13.9. The molecule has 4 bridgehead atoms. The van der Waals surface area contributed by atoms with Crippen molar-refractivity contribution in [3.63, 3.8) is 0 Å². The maximum Gasteiger partial charge on any atom is 0.335 e. The summed E-state index contributed by atoms with van der Waals surface area (Å²) in [5.74, 6) is -1.43. The van der Waals surface area contributed by atoms with Crippen molar-refractivity contribution in [2.45, 2.75) is 254 Å². The normalized spacial score (nSPS) is 47.7. The Bertz CT molecular complexity index is 3320. The Morgan fingerprint density at radius 1 is 0.793 bits per heavy atom. The molecule has 17 rings (SSSR count). The van der Waals surface area contributed by atoms with Crippen molar-refractivity contribution in [2.24, 2.45) is 67.5 Å². The molecule has 9 spiro atoms. The van der Waals surface area contributed by atoms with Gasteiger partial charge in [-0.3, -0.25) is 15.6 Å². The van der Waals surface area contributed by atoms with E-state index < -0.39 is 76.6 Å². The van der Waals surface area contributed by atoms with Crippen LogP contribution in [0.1, 0.15) is 226 Å². The topological polar surface area (TPSA) is 237 Å². The number of carbonyl (C=O) groups is 2. The van der Waals surface area contributed by atoms with Gasteiger partial charge in [0.25, 0.3) is 0 Å². The number of carbonyl (C=O) groups excluding carboxylic acids is 1. The summed E-state index contributed by atoms with van der Waals surface area (Å²) in [7, 11) is 0. The summed E-state index contributed by atoms with van der Waals surface area (Å²) in [4.78, 5) is 25.9. The largest absolute Gasteiger partial charge is 0.507 e. The number of ketones is 1. The lowest BCUT2D eigenvalue weighted by Crippen LogP contribution is -2.81. The number of carboxylic acid groups (broad SMARTS) is 1. The summed E-state index contributed by atoms with van der Waals surface area (Å²) in [6.07, 6.45) is 30.0. The highest BCUT2D eigenvalue weighted by atomic mass is 16.7. The van der Waals surface area contributed by atoms with Crippen molar-refractivity contribution in [3.05, 3.63) is 51.6 Å². The Balaban J connectivity index is 0.821. The molecule has 9 N–H and O–H groups in total. The quantitative estimate of drug-likeness (QED) is 0.0883. The summed E-state index contributed by atoms with van der Waals surface area (Å²) >= 11 is 0. The van der Waals surface area contributed by atoms with E-state index in [2.05, 4.69) is 16.9 Å². The smallest absolute Gasteiger partial charge is 0.335 e. The highest BCUT2D eigenvalue weighted by molar-refractivity contribution is 6.11. The van der Waals surface area contributed by atoms with Gasteiger partial charge in [-0.25, -0.2) is 4.79 Å². The van der Waals surface area contributed by atoms with Crippen molar-refractivity contribution in [3.8, 4) is 17.2 Å². The average molecular weight is 1200 g/mol. The molecule has 0 amide bonds. The first-order chi connectivity index (χ1) is 41.8. The van der Waals surface area contributed by atoms with Gasteiger partial charge in [-0.1, -0.05) is 31.8 Å². The van der Waals surface area contributed by atoms with Gasteiger partial charge in [0.05, 0.1) is 35.3 Å². The third-order valence-electron chi connectivity index (χ3n) is 29.8. The second-order valence-corrected chi connectivity index (χ2v) is 33.1. The zero-order chi connectivity index (χ0) is 59.7. The molecule has 2 aromatic rings. The number of allylic oxidation sites excluding steroid dienone is 1. The third-order valence-corrected chi connectivity index (χ3v) is 29.8. The van der Waals surface area contributed by atoms with Crippen LogP contribution < -0.4 is 15.6 Å². The summed E-state index contributed by atoms with van der Waals surface area (Å²) in [6, 6.07) is 2.64. The van der Waals surface area contributed by atoms with Crippen LogP contribution in [0.15, 0.2) is 34.9 Å². The molecule has 0 aromatic heterocycles. The molecule has 15 nitrogen and oxygen atoms in total. The van der Waals surface area contributed by atoms with Crippen molar-refractivity contribution in [1.29, 1.82) is 0 Å². The van der Waals surface area contributed by atoms with Gasteiger partial charge in [0.2, 0.25) is 6.29 Å². The fourth-order valence-corrected chi connectivity index (χ4v) is 27.2. The lowest BCUT2D eigenvalue weighted by molar-refractivity contribution is -0.349. The molecule has 0 radical (unpaired) electrons. The van der Waals surface area contributed by atoms with E-state index >= 15 is 0 Å². The number of phenolic OH excluding ortho intramolecular Hbond substituents is 2. The number of aromatic carboxylic acids is 1. The molecule has 13 fully saturated rings. The molecule has 4 heterocycles. The first kappa shape index (κ1) is 57.3. The number of hydrazine groups is 1. The molecule has 19 unspecified atom stereocenters. The zero-order valence-corrected chi connectivity index (χ0v) is 51.6. The van der Waals surface area contributed by atoms with Crippen LogP contribution >= 0.6 is 0 Å². The van der Waals surface area contributed by atoms with Gasteiger partial charge in [-0.15, -0.1) is 0 Å². The Hall–Kier alpha value is -3.64. The van der Waals surface area contributed by atoms with Crippen LogP contribution in [0.5, 0.6) is 17.2 Å². The van der Waals surface area contributed by atoms with E-state index in [-0.39, 0.29) is 86.3 Å². The van der Waals surface area contributed by atoms with Crippen molar-refractivity contribution < 1.29 is 64.3 Å². The molecule has 11 aliphatic carbocycles. The van der Waals surface area contributed by atoms with Crippen LogP contribution in [0.25, 0.3) is 10.8 Å². The molecular weight excluding hydrogens is 1100 g/mol. The van der Waals surface area contributed by atoms with E-state index in [4.69, 9.17) is 18.9 Å². The van der Waals surface area contributed by atoms with Gasteiger partial charge in [0.1, 0.15) is 41.2 Å². The molecule has 3 saturated heterocycles. The molecule has 4 aliphatic heterocycles. The summed E-state index contributed by atoms with van der Waals surface area (Å²) in [6.45, 7) is 3.44. The molecule has 19 atom stereocenters. The predicted molar refractivity (Wildman–Crippen MR) is 323 cm³/mol. The van der Waals surface area contributed by atoms with E-state index in [1.165, 1.54) is 152 Å². The minimum Gasteiger partial charge on any atom is -0.507 e. The van der Waals surface area contributed by atoms with Crippen LogP contribution in [0, 0.1) is 74.4 Å². The Morgan fingerprint density at radius 3 is 2.40 bits per heavy atom. The Kier molecular flexibility index (Phi) is 12.7. The van der Waals surface area contributed by atoms with Gasteiger partial charge < -0.3 is 54.7 Å². The fourth-order valence-electron chi connectivity index (χ4n) is 27.2. The number of fused-ring (bicyclic) bond motifs is 3. The SMILES string of the molecule is CC(=O)c1c(C)c(O)c2cc(C(=O)O)cc(OC3OC(CO)C4(CC5C6=C(CC=C6C6(CCCO)COCC7CC89CC5(NNC8CC5(CCC8CCCC%10CCCC%10%11CCC85C%11)C9)C76)C5(CCCC6(CCC7(CCCC7)C6)C5)O4)C(O)C3O)c2c1O. The highest BCUT2D eigenvalue weighted by Crippen LogP contribution is 2.82. The highest BCUT2D eigenvalue weighted by Gasteiger charge is 2.80. The van der Waals surface area contributed by atoms with Crippen LogP contribution in [0.4, 0.5) is 0 Å². The van der Waals surface area contributed by atoms with Gasteiger partial charge in [-0.2, -0.15) is 0 Å². The molecule has 10 saturated carbocycles. The number of aromatic hydroxyl groups is 2. The number of aliphatic hydroxyl groups is 4. The summed E-state index contributed by atoms with van der Waals surface area (Å²) in [5.41, 5.74) is 9.98. The van der Waals surface area contributed by atoms with Crippen LogP contribution in [0.2, 0.25) is 0 Å². The van der Waals surface area contributed by atoms with E-state index in [0.717, 1.165) is 69.3 Å². The number of rotatable bonds is 8. The number of hydrogen-bond acceptors (Lipinski definition) is 14. The van der Waals surface area contributed by atoms with Gasteiger partial charge in [-0.05, 0) is 266 Å². The second-order valence-electron chi connectivity index (χ2n) is 33.1. The minimum absolute atomic E-state index is 0.0127. The number of nitrogens with one attached hydrogen (secondary N) is 2. The predicted octanol–water partition coefficient (Wildman–Crippen LogP) is 11.1. The number of phenols is 2. The van der Waals surface area contributed by atoms with Crippen LogP contribution in [-0.2, 0) is 14.2 Å². The molecule has 2 aromatic carbocycles. The first-order valence-electron chi connectivity index (χ1n) is 34.7. The number of ether oxygens (including phenoxy) is 4. The van der Waals surface area contributed by atoms with Gasteiger partial charge in [0, 0.05) is 47.1 Å². The van der Waals surface area contributed by atoms with E-state index in [1.54, 1.807) is 0 Å². The molecule has 15 heteroatoms. The van der Waals surface area contributed by atoms with Gasteiger partial charge >= 0.3 is 5.97 Å². The van der Waals surface area contributed by atoms with Gasteiger partial charge in [0.15, 0.2) is 5.78 Å². The number of aliphatic hydroxyl groups excluding tert-OH is 4. The fraction of sp³-hybridized carbons (Fsp3) is 0.778. The number of carboxylic acids is 1. The first-order valence-corrected chi connectivity index (χ1v) is 34.7. The monoisotopic (exact) mass is 1200 g/mol. The summed E-state index contributed by atoms with van der Waals surface area (Å²) < 4.78 is 29.1. The number of Topliss-reactive ketones (excluding diaryl/α,β-unsaturated/α-hetero) is 1. The van der Waals surface area contributed by atoms with Crippen molar-refractivity contribution >= 4 is 22.5 Å². The van der Waals surface area contributed by atoms with Crippen LogP contribution in [-0.4, -0.2) is 121 Å². The lowest BCUT2D eigenvalue weighted by atomic mass is 9.38. The standard InChI is InChI=1S/C72H96N2O13/c1-40-53(41(2)77)57(79)54-46(56(40)78)27-42(61(82)83)28-50(54)85-62-58(80)60(81)72(52(32-76)86-62)30-49-55-47(12-13-48(55)70(87-72)20-7-17-64(35-70)23-22-63(34-64)15-3-4-16-63)68(19-8-26-75)39-84-33-43-29-66-36-67(31-51(66)73-74-71(49,38-66)59(43)68)21-14-45-10-5-9-44-11-6-18-65(44)24-25-69(45,67)37-65/h12,27-28,43-45,49,51-52,58-60,62,73-76,78-81H,3-11,13-26,29-39H2,1-2H3,(H,82,83). The molecule has 472 valence electrons. The Labute approximate surface area is 512 Å².